The van der Waals surface area contributed by atoms with Gasteiger partial charge in [0.05, 0.1) is 16.4 Å². The maximum absolute atomic E-state index is 14.0. The number of aromatic nitrogens is 3. The van der Waals surface area contributed by atoms with Gasteiger partial charge < -0.3 is 9.97 Å². The number of halogens is 1. The van der Waals surface area contributed by atoms with Gasteiger partial charge in [0.25, 0.3) is 5.56 Å². The van der Waals surface area contributed by atoms with Crippen LogP contribution in [0, 0.1) is 5.82 Å². The van der Waals surface area contributed by atoms with E-state index in [1.807, 2.05) is 6.07 Å². The molecule has 2 aromatic heterocycles. The Morgan fingerprint density at radius 2 is 1.95 bits per heavy atom. The van der Waals surface area contributed by atoms with E-state index in [0.717, 1.165) is 5.39 Å². The molecule has 0 bridgehead atoms. The first kappa shape index (κ1) is 11.8. The van der Waals surface area contributed by atoms with Crippen LogP contribution in [-0.2, 0) is 0 Å². The fourth-order valence-electron chi connectivity index (χ4n) is 2.49. The summed E-state index contributed by atoms with van der Waals surface area (Å²) in [5, 5.41) is 1.25. The molecule has 2 N–H and O–H groups in total. The monoisotopic (exact) mass is 279 g/mol. The molecule has 0 spiro atoms. The molecule has 2 heterocycles. The highest BCUT2D eigenvalue weighted by molar-refractivity contribution is 5.85. The van der Waals surface area contributed by atoms with Crippen LogP contribution in [0.5, 0.6) is 0 Å². The molecule has 0 aliphatic rings. The first-order valence-electron chi connectivity index (χ1n) is 6.48. The average molecular weight is 279 g/mol. The van der Waals surface area contributed by atoms with Crippen molar-refractivity contribution in [2.24, 2.45) is 0 Å². The SMILES string of the molecule is O=c1[nH]c(-c2cc(F)c3[nH]ccc3c2)nc2ccccc12. The molecule has 0 aliphatic carbocycles. The van der Waals surface area contributed by atoms with Gasteiger partial charge in [-0.3, -0.25) is 4.79 Å². The summed E-state index contributed by atoms with van der Waals surface area (Å²) >= 11 is 0. The highest BCUT2D eigenvalue weighted by Crippen LogP contribution is 2.24. The Kier molecular flexibility index (Phi) is 2.41. The minimum absolute atomic E-state index is 0.231. The molecule has 4 nitrogen and oxygen atoms in total. The Morgan fingerprint density at radius 3 is 2.86 bits per heavy atom. The third-order valence-electron chi connectivity index (χ3n) is 3.50. The van der Waals surface area contributed by atoms with Crippen LogP contribution in [0.15, 0.2) is 53.5 Å². The van der Waals surface area contributed by atoms with Gasteiger partial charge in [0.15, 0.2) is 0 Å². The Balaban J connectivity index is 2.01. The molecule has 0 fully saturated rings. The van der Waals surface area contributed by atoms with Crippen molar-refractivity contribution in [3.05, 3.63) is 64.8 Å². The van der Waals surface area contributed by atoms with Gasteiger partial charge in [-0.15, -0.1) is 0 Å². The van der Waals surface area contributed by atoms with Gasteiger partial charge in [-0.25, -0.2) is 9.37 Å². The van der Waals surface area contributed by atoms with E-state index in [-0.39, 0.29) is 11.4 Å². The Morgan fingerprint density at radius 1 is 1.10 bits per heavy atom. The maximum atomic E-state index is 14.0. The summed E-state index contributed by atoms with van der Waals surface area (Å²) in [5.74, 6) is -0.0102. The average Bonchev–Trinajstić information content (AvgIpc) is 2.96. The summed E-state index contributed by atoms with van der Waals surface area (Å²) in [6.07, 6.45) is 1.67. The van der Waals surface area contributed by atoms with Crippen LogP contribution in [0.3, 0.4) is 0 Å². The highest BCUT2D eigenvalue weighted by atomic mass is 19.1. The summed E-state index contributed by atoms with van der Waals surface area (Å²) in [7, 11) is 0. The quantitative estimate of drug-likeness (QED) is 0.562. The molecule has 0 unspecified atom stereocenters. The van der Waals surface area contributed by atoms with Crippen LogP contribution in [-0.4, -0.2) is 15.0 Å². The van der Waals surface area contributed by atoms with E-state index in [2.05, 4.69) is 15.0 Å². The van der Waals surface area contributed by atoms with E-state index in [1.54, 1.807) is 36.5 Å². The number of hydrogen-bond acceptors (Lipinski definition) is 2. The molecule has 4 aromatic rings. The van der Waals surface area contributed by atoms with Gasteiger partial charge in [-0.05, 0) is 30.3 Å². The molecule has 2 aromatic carbocycles. The highest BCUT2D eigenvalue weighted by Gasteiger charge is 2.10. The van der Waals surface area contributed by atoms with Crippen molar-refractivity contribution in [3.8, 4) is 11.4 Å². The van der Waals surface area contributed by atoms with Crippen LogP contribution in [0.1, 0.15) is 0 Å². The molecule has 0 aliphatic heterocycles. The van der Waals surface area contributed by atoms with Crippen molar-refractivity contribution in [3.63, 3.8) is 0 Å². The molecule has 21 heavy (non-hydrogen) atoms. The zero-order chi connectivity index (χ0) is 14.4. The predicted molar refractivity (Wildman–Crippen MR) is 79.6 cm³/mol. The molecular formula is C16H10FN3O. The number of benzene rings is 2. The number of para-hydroxylation sites is 1. The second-order valence-corrected chi connectivity index (χ2v) is 4.83. The van der Waals surface area contributed by atoms with Crippen LogP contribution in [0.4, 0.5) is 4.39 Å². The lowest BCUT2D eigenvalue weighted by atomic mass is 10.1. The fraction of sp³-hybridized carbons (Fsp3) is 0. The van der Waals surface area contributed by atoms with E-state index in [0.29, 0.717) is 27.8 Å². The number of H-pyrrole nitrogens is 2. The van der Waals surface area contributed by atoms with Gasteiger partial charge in [0.1, 0.15) is 11.6 Å². The van der Waals surface area contributed by atoms with Gasteiger partial charge in [0.2, 0.25) is 0 Å². The summed E-state index contributed by atoms with van der Waals surface area (Å²) in [4.78, 5) is 22.0. The minimum atomic E-state index is -0.372. The van der Waals surface area contributed by atoms with E-state index in [4.69, 9.17) is 0 Å². The first-order chi connectivity index (χ1) is 10.2. The Hall–Kier alpha value is -2.95. The van der Waals surface area contributed by atoms with Crippen LogP contribution >= 0.6 is 0 Å². The summed E-state index contributed by atoms with van der Waals surface area (Å²) in [6, 6.07) is 12.0. The Labute approximate surface area is 118 Å². The molecule has 0 radical (unpaired) electrons. The predicted octanol–water partition coefficient (Wildman–Crippen LogP) is 3.21. The molecular weight excluding hydrogens is 269 g/mol. The van der Waals surface area contributed by atoms with Gasteiger partial charge in [-0.1, -0.05) is 12.1 Å². The largest absolute Gasteiger partial charge is 0.359 e. The molecule has 0 saturated carbocycles. The van der Waals surface area contributed by atoms with E-state index < -0.39 is 0 Å². The Bertz CT molecular complexity index is 1030. The number of aromatic amines is 2. The standard InChI is InChI=1S/C16H10FN3O/c17-12-8-10(7-9-5-6-18-14(9)12)15-19-13-4-2-1-3-11(13)16(21)20-15/h1-8,18H,(H,19,20,21). The maximum Gasteiger partial charge on any atom is 0.259 e. The topological polar surface area (TPSA) is 61.5 Å². The van der Waals surface area contributed by atoms with Crippen molar-refractivity contribution < 1.29 is 4.39 Å². The third-order valence-corrected chi connectivity index (χ3v) is 3.50. The second kappa shape index (κ2) is 4.28. The first-order valence-corrected chi connectivity index (χ1v) is 6.48. The van der Waals surface area contributed by atoms with Crippen molar-refractivity contribution in [1.82, 2.24) is 15.0 Å². The second-order valence-electron chi connectivity index (χ2n) is 4.83. The van der Waals surface area contributed by atoms with Crippen LogP contribution < -0.4 is 5.56 Å². The summed E-state index contributed by atoms with van der Waals surface area (Å²) < 4.78 is 14.0. The fourth-order valence-corrected chi connectivity index (χ4v) is 2.49. The minimum Gasteiger partial charge on any atom is -0.359 e. The van der Waals surface area contributed by atoms with Crippen molar-refractivity contribution in [2.45, 2.75) is 0 Å². The molecule has 4 rings (SSSR count). The smallest absolute Gasteiger partial charge is 0.259 e. The van der Waals surface area contributed by atoms with Gasteiger partial charge >= 0.3 is 0 Å². The summed E-state index contributed by atoms with van der Waals surface area (Å²) in [6.45, 7) is 0. The van der Waals surface area contributed by atoms with E-state index >= 15 is 0 Å². The number of rotatable bonds is 1. The van der Waals surface area contributed by atoms with Crippen molar-refractivity contribution in [1.29, 1.82) is 0 Å². The molecule has 0 saturated heterocycles. The van der Waals surface area contributed by atoms with Crippen LogP contribution in [0.2, 0.25) is 0 Å². The summed E-state index contributed by atoms with van der Waals surface area (Å²) in [5.41, 5.74) is 1.35. The number of nitrogens with zero attached hydrogens (tertiary/aromatic N) is 1. The zero-order valence-electron chi connectivity index (χ0n) is 10.9. The van der Waals surface area contributed by atoms with E-state index in [9.17, 15) is 9.18 Å². The lowest BCUT2D eigenvalue weighted by Gasteiger charge is -2.04. The zero-order valence-corrected chi connectivity index (χ0v) is 10.9. The van der Waals surface area contributed by atoms with Crippen LogP contribution in [0.25, 0.3) is 33.2 Å². The van der Waals surface area contributed by atoms with Crippen molar-refractivity contribution >= 4 is 21.8 Å². The third kappa shape index (κ3) is 1.82. The molecule has 0 atom stereocenters. The lowest BCUT2D eigenvalue weighted by molar-refractivity contribution is 0.637. The normalized spacial score (nSPS) is 11.3. The van der Waals surface area contributed by atoms with Gasteiger partial charge in [-0.2, -0.15) is 0 Å². The molecule has 0 amide bonds. The van der Waals surface area contributed by atoms with Crippen molar-refractivity contribution in [2.75, 3.05) is 0 Å². The number of fused-ring (bicyclic) bond motifs is 2. The molecule has 102 valence electrons. The molecule has 5 heteroatoms. The number of hydrogen-bond donors (Lipinski definition) is 2. The van der Waals surface area contributed by atoms with E-state index in [1.165, 1.54) is 6.07 Å². The van der Waals surface area contributed by atoms with Gasteiger partial charge in [0, 0.05) is 17.1 Å². The lowest BCUT2D eigenvalue weighted by Crippen LogP contribution is -2.09. The number of nitrogens with one attached hydrogen (secondary N) is 2.